The van der Waals surface area contributed by atoms with E-state index in [2.05, 4.69) is 0 Å². The first-order valence-corrected chi connectivity index (χ1v) is 8.54. The summed E-state index contributed by atoms with van der Waals surface area (Å²) in [4.78, 5) is 14.0. The number of carbonyl (C=O) groups excluding carboxylic acids is 1. The maximum atomic E-state index is 12.4. The second-order valence-corrected chi connectivity index (χ2v) is 7.09. The van der Waals surface area contributed by atoms with E-state index in [1.165, 1.54) is 18.2 Å². The third-order valence-corrected chi connectivity index (χ3v) is 5.42. The predicted octanol–water partition coefficient (Wildman–Crippen LogP) is 3.00. The van der Waals surface area contributed by atoms with Crippen molar-refractivity contribution in [2.24, 2.45) is 0 Å². The minimum absolute atomic E-state index is 0.0872. The predicted molar refractivity (Wildman–Crippen MR) is 89.3 cm³/mol. The summed E-state index contributed by atoms with van der Waals surface area (Å²) >= 11 is 0. The van der Waals surface area contributed by atoms with Gasteiger partial charge >= 0.3 is 0 Å². The highest BCUT2D eigenvalue weighted by molar-refractivity contribution is 7.97. The fraction of sp³-hybridized carbons (Fsp3) is 0.0556. The summed E-state index contributed by atoms with van der Waals surface area (Å²) in [6.07, 6.45) is 14.2. The number of sulfone groups is 1. The molecule has 2 heterocycles. The van der Waals surface area contributed by atoms with Crippen molar-refractivity contribution in [2.75, 3.05) is 7.05 Å². The average Bonchev–Trinajstić information content (AvgIpc) is 2.74. The van der Waals surface area contributed by atoms with E-state index in [1.54, 1.807) is 24.3 Å². The van der Waals surface area contributed by atoms with Crippen LogP contribution in [0.3, 0.4) is 0 Å². The Labute approximate surface area is 135 Å². The van der Waals surface area contributed by atoms with Crippen LogP contribution in [-0.2, 0) is 9.84 Å². The van der Waals surface area contributed by atoms with Gasteiger partial charge in [0.1, 0.15) is 4.91 Å². The molecule has 1 aromatic carbocycles. The molecule has 0 fully saturated rings. The number of allylic oxidation sites excluding steroid dienone is 8. The number of hydrogen-bond donors (Lipinski definition) is 0. The first kappa shape index (κ1) is 15.2. The van der Waals surface area contributed by atoms with Crippen molar-refractivity contribution in [1.82, 2.24) is 4.90 Å². The number of carbonyl (C=O) groups is 1. The van der Waals surface area contributed by atoms with Gasteiger partial charge in [-0.05, 0) is 35.9 Å². The molecule has 4 nitrogen and oxygen atoms in total. The lowest BCUT2D eigenvalue weighted by atomic mass is 10.1. The maximum Gasteiger partial charge on any atom is 0.211 e. The second kappa shape index (κ2) is 5.85. The van der Waals surface area contributed by atoms with Crippen molar-refractivity contribution >= 4 is 15.6 Å². The van der Waals surface area contributed by atoms with Crippen molar-refractivity contribution in [3.63, 3.8) is 0 Å². The van der Waals surface area contributed by atoms with Crippen LogP contribution >= 0.6 is 0 Å². The largest absolute Gasteiger partial charge is 0.357 e. The van der Waals surface area contributed by atoms with Gasteiger partial charge in [-0.3, -0.25) is 4.79 Å². The van der Waals surface area contributed by atoms with Crippen LogP contribution in [0.25, 0.3) is 0 Å². The number of ketones is 1. The van der Waals surface area contributed by atoms with E-state index < -0.39 is 15.6 Å². The summed E-state index contributed by atoms with van der Waals surface area (Å²) in [7, 11) is -1.77. The Morgan fingerprint density at radius 3 is 2.35 bits per heavy atom. The molecule has 2 aliphatic rings. The summed E-state index contributed by atoms with van der Waals surface area (Å²) in [5.74, 6) is -0.447. The smallest absolute Gasteiger partial charge is 0.211 e. The average molecular weight is 325 g/mol. The number of rotatable bonds is 2. The van der Waals surface area contributed by atoms with Gasteiger partial charge in [0.15, 0.2) is 0 Å². The SMILES string of the molecule is CN1C=CC(=CC=CC=C2C(=O)c3ccccc3S2(=O)=O)C=C1. The molecule has 0 radical (unpaired) electrons. The zero-order valence-corrected chi connectivity index (χ0v) is 13.3. The van der Waals surface area contributed by atoms with Crippen molar-refractivity contribution in [3.8, 4) is 0 Å². The van der Waals surface area contributed by atoms with Gasteiger partial charge in [0.05, 0.1) is 4.90 Å². The zero-order chi connectivity index (χ0) is 16.4. The van der Waals surface area contributed by atoms with Gasteiger partial charge in [-0.1, -0.05) is 30.4 Å². The molecule has 0 unspecified atom stereocenters. The normalized spacial score (nSPS) is 20.6. The van der Waals surface area contributed by atoms with Crippen LogP contribution in [-0.4, -0.2) is 26.1 Å². The monoisotopic (exact) mass is 325 g/mol. The third-order valence-electron chi connectivity index (χ3n) is 3.59. The van der Waals surface area contributed by atoms with Crippen LogP contribution in [0.2, 0.25) is 0 Å². The van der Waals surface area contributed by atoms with E-state index in [0.717, 1.165) is 5.57 Å². The molecule has 0 spiro atoms. The minimum Gasteiger partial charge on any atom is -0.357 e. The Bertz CT molecular complexity index is 899. The Hall–Kier alpha value is -2.66. The van der Waals surface area contributed by atoms with Crippen molar-refractivity contribution in [2.45, 2.75) is 4.90 Å². The Kier molecular flexibility index (Phi) is 3.88. The molecule has 0 bridgehead atoms. The zero-order valence-electron chi connectivity index (χ0n) is 12.5. The standard InChI is InChI=1S/C18H15NO3S/c1-19-12-10-14(11-13-19)6-2-4-9-17-18(20)15-7-3-5-8-16(15)23(17,21)22/h2-13H,1H3. The molecule has 0 aliphatic carbocycles. The van der Waals surface area contributed by atoms with Gasteiger partial charge in [0, 0.05) is 25.0 Å². The van der Waals surface area contributed by atoms with E-state index >= 15 is 0 Å². The fourth-order valence-corrected chi connectivity index (χ4v) is 3.92. The third kappa shape index (κ3) is 2.83. The van der Waals surface area contributed by atoms with Gasteiger partial charge in [-0.15, -0.1) is 0 Å². The molecule has 5 heteroatoms. The van der Waals surface area contributed by atoms with Gasteiger partial charge < -0.3 is 4.90 Å². The number of hydrogen-bond acceptors (Lipinski definition) is 4. The lowest BCUT2D eigenvalue weighted by Gasteiger charge is -2.11. The molecule has 0 amide bonds. The van der Waals surface area contributed by atoms with Gasteiger partial charge in [-0.25, -0.2) is 8.42 Å². The highest BCUT2D eigenvalue weighted by Crippen LogP contribution is 2.33. The molecule has 0 N–H and O–H groups in total. The van der Waals surface area contributed by atoms with Crippen LogP contribution in [0.4, 0.5) is 0 Å². The fourth-order valence-electron chi connectivity index (χ4n) is 2.36. The quantitative estimate of drug-likeness (QED) is 0.785. The minimum atomic E-state index is -3.70. The lowest BCUT2D eigenvalue weighted by Crippen LogP contribution is -2.02. The molecule has 0 saturated heterocycles. The molecule has 0 atom stereocenters. The number of Topliss-reactive ketones (excluding diaryl/α,β-unsaturated/α-hetero) is 1. The summed E-state index contributed by atoms with van der Waals surface area (Å²) in [6, 6.07) is 6.28. The molecule has 0 aromatic heterocycles. The van der Waals surface area contributed by atoms with Gasteiger partial charge in [-0.2, -0.15) is 0 Å². The molecular formula is C18H15NO3S. The van der Waals surface area contributed by atoms with Gasteiger partial charge in [0.2, 0.25) is 15.6 Å². The van der Waals surface area contributed by atoms with E-state index in [1.807, 2.05) is 42.6 Å². The molecule has 3 rings (SSSR count). The Morgan fingerprint density at radius 2 is 1.65 bits per heavy atom. The van der Waals surface area contributed by atoms with Crippen molar-refractivity contribution in [1.29, 1.82) is 0 Å². The summed E-state index contributed by atoms with van der Waals surface area (Å²) < 4.78 is 24.7. The Balaban J connectivity index is 1.86. The van der Waals surface area contributed by atoms with Crippen LogP contribution in [0, 0.1) is 0 Å². The molecule has 1 aromatic rings. The summed E-state index contributed by atoms with van der Waals surface area (Å²) in [5.41, 5.74) is 1.23. The first-order chi connectivity index (χ1) is 11.0. The van der Waals surface area contributed by atoms with E-state index in [0.29, 0.717) is 0 Å². The molecular weight excluding hydrogens is 310 g/mol. The maximum absolute atomic E-state index is 12.4. The van der Waals surface area contributed by atoms with E-state index in [9.17, 15) is 13.2 Å². The lowest BCUT2D eigenvalue weighted by molar-refractivity contribution is 0.104. The molecule has 2 aliphatic heterocycles. The van der Waals surface area contributed by atoms with Crippen LogP contribution < -0.4 is 0 Å². The molecule has 23 heavy (non-hydrogen) atoms. The summed E-state index contributed by atoms with van der Waals surface area (Å²) in [6.45, 7) is 0. The second-order valence-electron chi connectivity index (χ2n) is 5.21. The molecule has 0 saturated carbocycles. The van der Waals surface area contributed by atoms with Crippen LogP contribution in [0.5, 0.6) is 0 Å². The van der Waals surface area contributed by atoms with Crippen LogP contribution in [0.1, 0.15) is 10.4 Å². The van der Waals surface area contributed by atoms with E-state index in [-0.39, 0.29) is 15.4 Å². The molecule has 116 valence electrons. The highest BCUT2D eigenvalue weighted by Gasteiger charge is 2.38. The van der Waals surface area contributed by atoms with Crippen LogP contribution in [0.15, 0.2) is 88.5 Å². The Morgan fingerprint density at radius 1 is 1.00 bits per heavy atom. The number of nitrogens with zero attached hydrogens (tertiary/aromatic N) is 1. The van der Waals surface area contributed by atoms with E-state index in [4.69, 9.17) is 0 Å². The van der Waals surface area contributed by atoms with Crippen molar-refractivity contribution in [3.05, 3.63) is 89.2 Å². The van der Waals surface area contributed by atoms with Gasteiger partial charge in [0.25, 0.3) is 0 Å². The topological polar surface area (TPSA) is 54.5 Å². The first-order valence-electron chi connectivity index (χ1n) is 7.06. The highest BCUT2D eigenvalue weighted by atomic mass is 32.2. The summed E-state index contributed by atoms with van der Waals surface area (Å²) in [5, 5.41) is 0. The van der Waals surface area contributed by atoms with Crippen molar-refractivity contribution < 1.29 is 13.2 Å². The number of benzene rings is 1. The number of fused-ring (bicyclic) bond motifs is 1.